The van der Waals surface area contributed by atoms with Crippen LogP contribution < -0.4 is 16.0 Å². The van der Waals surface area contributed by atoms with Gasteiger partial charge < -0.3 is 58.6 Å². The van der Waals surface area contributed by atoms with E-state index in [1.165, 1.54) is 0 Å². The molecule has 0 bridgehead atoms. The normalized spacial score (nSPS) is 12.8. The average molecular weight is 682 g/mol. The number of methoxy groups -OCH3 is 1. The Morgan fingerprint density at radius 1 is 0.553 bits per heavy atom. The maximum Gasteiger partial charge on any atom is 0.407 e. The standard InChI is InChI=1S/C32H63N3O12/c1-7-28(26-27(2)29(36)33-8-9-35-31(38)47-32(3,4)5)30(37)34-10-11-40-14-15-42-18-19-44-22-23-46-25-24-45-21-20-43-17-16-41-13-12-39-6/h27-28H,7-26H2,1-6H3,(H,33,36)(H,34,37)(H,35,38). The topological polar surface area (TPSA) is 170 Å². The molecule has 0 rings (SSSR count). The number of nitrogens with one attached hydrogen (secondary N) is 3. The lowest BCUT2D eigenvalue weighted by Crippen LogP contribution is -2.40. The van der Waals surface area contributed by atoms with E-state index >= 15 is 0 Å². The summed E-state index contributed by atoms with van der Waals surface area (Å²) in [6, 6.07) is 0. The van der Waals surface area contributed by atoms with E-state index in [0.29, 0.717) is 118 Å². The summed E-state index contributed by atoms with van der Waals surface area (Å²) in [7, 11) is 1.64. The van der Waals surface area contributed by atoms with Crippen LogP contribution in [0.2, 0.25) is 0 Å². The van der Waals surface area contributed by atoms with Crippen molar-refractivity contribution >= 4 is 17.9 Å². The maximum atomic E-state index is 12.6. The molecule has 0 aliphatic heterocycles. The van der Waals surface area contributed by atoms with Gasteiger partial charge in [-0.2, -0.15) is 0 Å². The SMILES string of the molecule is CCC(CC(C)C(=O)NCCNC(=O)OC(C)(C)C)C(=O)NCCOCCOCCOCCOCCOCCOCCOCCOC. The molecule has 0 saturated heterocycles. The number of ether oxygens (including phenoxy) is 9. The second-order valence-electron chi connectivity index (χ2n) is 11.5. The summed E-state index contributed by atoms with van der Waals surface area (Å²) in [5.74, 6) is -0.907. The Labute approximate surface area is 281 Å². The summed E-state index contributed by atoms with van der Waals surface area (Å²) in [4.78, 5) is 36.7. The quantitative estimate of drug-likeness (QED) is 0.0878. The first-order valence-corrected chi connectivity index (χ1v) is 16.7. The number of alkyl carbamates (subject to hydrolysis) is 1. The van der Waals surface area contributed by atoms with Gasteiger partial charge in [0, 0.05) is 38.6 Å². The van der Waals surface area contributed by atoms with Crippen LogP contribution in [0.5, 0.6) is 0 Å². The fourth-order valence-corrected chi connectivity index (χ4v) is 3.79. The van der Waals surface area contributed by atoms with E-state index in [9.17, 15) is 14.4 Å². The number of carbonyl (C=O) groups excluding carboxylic acids is 3. The van der Waals surface area contributed by atoms with Gasteiger partial charge in [0.05, 0.1) is 99.1 Å². The van der Waals surface area contributed by atoms with Crippen LogP contribution in [0.1, 0.15) is 47.5 Å². The van der Waals surface area contributed by atoms with Crippen LogP contribution in [0.25, 0.3) is 0 Å². The molecule has 3 amide bonds. The van der Waals surface area contributed by atoms with Crippen molar-refractivity contribution < 1.29 is 57.0 Å². The monoisotopic (exact) mass is 681 g/mol. The number of rotatable bonds is 32. The number of hydrogen-bond donors (Lipinski definition) is 3. The van der Waals surface area contributed by atoms with Gasteiger partial charge in [-0.05, 0) is 33.6 Å². The summed E-state index contributed by atoms with van der Waals surface area (Å²) < 4.78 is 48.1. The van der Waals surface area contributed by atoms with Gasteiger partial charge in [0.25, 0.3) is 0 Å². The second-order valence-corrected chi connectivity index (χ2v) is 11.5. The van der Waals surface area contributed by atoms with E-state index in [4.69, 9.17) is 42.6 Å². The Morgan fingerprint density at radius 3 is 1.34 bits per heavy atom. The number of amides is 3. The van der Waals surface area contributed by atoms with Gasteiger partial charge >= 0.3 is 6.09 Å². The zero-order valence-electron chi connectivity index (χ0n) is 29.7. The van der Waals surface area contributed by atoms with Crippen LogP contribution in [0.3, 0.4) is 0 Å². The highest BCUT2D eigenvalue weighted by atomic mass is 16.6. The van der Waals surface area contributed by atoms with E-state index in [0.717, 1.165) is 0 Å². The third-order valence-corrected chi connectivity index (χ3v) is 6.25. The first-order valence-electron chi connectivity index (χ1n) is 16.7. The third-order valence-electron chi connectivity index (χ3n) is 6.25. The number of hydrogen-bond acceptors (Lipinski definition) is 12. The molecule has 15 heteroatoms. The third kappa shape index (κ3) is 30.9. The minimum Gasteiger partial charge on any atom is -0.444 e. The molecule has 0 aromatic heterocycles. The predicted octanol–water partition coefficient (Wildman–Crippen LogP) is 1.56. The highest BCUT2D eigenvalue weighted by Crippen LogP contribution is 2.16. The van der Waals surface area contributed by atoms with Crippen molar-refractivity contribution in [2.45, 2.75) is 53.1 Å². The van der Waals surface area contributed by atoms with Crippen LogP contribution >= 0.6 is 0 Å². The van der Waals surface area contributed by atoms with Crippen molar-refractivity contribution in [2.24, 2.45) is 11.8 Å². The first kappa shape index (κ1) is 44.9. The second kappa shape index (κ2) is 31.2. The highest BCUT2D eigenvalue weighted by molar-refractivity contribution is 5.81. The molecule has 2 atom stereocenters. The van der Waals surface area contributed by atoms with Gasteiger partial charge in [-0.25, -0.2) is 4.79 Å². The molecular weight excluding hydrogens is 618 g/mol. The summed E-state index contributed by atoms with van der Waals surface area (Å²) in [5.41, 5.74) is -0.582. The first-order chi connectivity index (χ1) is 22.6. The molecule has 0 fully saturated rings. The zero-order chi connectivity index (χ0) is 35.0. The Balaban J connectivity index is 3.58. The summed E-state index contributed by atoms with van der Waals surface area (Å²) >= 11 is 0. The Morgan fingerprint density at radius 2 is 0.936 bits per heavy atom. The molecule has 0 aliphatic rings. The van der Waals surface area contributed by atoms with Crippen molar-refractivity contribution in [1.82, 2.24) is 16.0 Å². The largest absolute Gasteiger partial charge is 0.444 e. The van der Waals surface area contributed by atoms with Gasteiger partial charge in [0.15, 0.2) is 0 Å². The Hall–Kier alpha value is -2.11. The molecule has 0 aromatic carbocycles. The van der Waals surface area contributed by atoms with Gasteiger partial charge in [-0.1, -0.05) is 13.8 Å². The molecule has 47 heavy (non-hydrogen) atoms. The van der Waals surface area contributed by atoms with Crippen LogP contribution in [0.15, 0.2) is 0 Å². The van der Waals surface area contributed by atoms with Crippen LogP contribution in [-0.4, -0.2) is 149 Å². The lowest BCUT2D eigenvalue weighted by Gasteiger charge is -2.20. The molecule has 0 heterocycles. The van der Waals surface area contributed by atoms with E-state index in [1.807, 2.05) is 6.92 Å². The zero-order valence-corrected chi connectivity index (χ0v) is 29.7. The van der Waals surface area contributed by atoms with E-state index in [2.05, 4.69) is 16.0 Å². The van der Waals surface area contributed by atoms with Gasteiger partial charge in [0.1, 0.15) is 5.60 Å². The molecule has 3 N–H and O–H groups in total. The Bertz CT molecular complexity index is 770. The van der Waals surface area contributed by atoms with Crippen molar-refractivity contribution in [3.63, 3.8) is 0 Å². The fourth-order valence-electron chi connectivity index (χ4n) is 3.79. The smallest absolute Gasteiger partial charge is 0.407 e. The minimum atomic E-state index is -0.582. The molecule has 0 aromatic rings. The van der Waals surface area contributed by atoms with Crippen LogP contribution in [0, 0.1) is 11.8 Å². The fraction of sp³-hybridized carbons (Fsp3) is 0.906. The summed E-state index contributed by atoms with van der Waals surface area (Å²) in [5, 5.41) is 8.25. The average Bonchev–Trinajstić information content (AvgIpc) is 3.02. The highest BCUT2D eigenvalue weighted by Gasteiger charge is 2.23. The van der Waals surface area contributed by atoms with Crippen molar-refractivity contribution in [3.8, 4) is 0 Å². The minimum absolute atomic E-state index is 0.103. The van der Waals surface area contributed by atoms with E-state index in [1.54, 1.807) is 34.8 Å². The van der Waals surface area contributed by atoms with Crippen molar-refractivity contribution in [1.29, 1.82) is 0 Å². The van der Waals surface area contributed by atoms with Gasteiger partial charge in [-0.15, -0.1) is 0 Å². The molecule has 2 unspecified atom stereocenters. The molecule has 0 radical (unpaired) electrons. The van der Waals surface area contributed by atoms with Crippen LogP contribution in [0.4, 0.5) is 4.79 Å². The molecule has 0 aliphatic carbocycles. The lowest BCUT2D eigenvalue weighted by atomic mass is 9.92. The molecule has 15 nitrogen and oxygen atoms in total. The van der Waals surface area contributed by atoms with E-state index < -0.39 is 11.7 Å². The maximum absolute atomic E-state index is 12.6. The predicted molar refractivity (Wildman–Crippen MR) is 175 cm³/mol. The molecule has 278 valence electrons. The molecular formula is C32H63N3O12. The Kier molecular flexibility index (Phi) is 29.8. The summed E-state index contributed by atoms with van der Waals surface area (Å²) in [6.45, 7) is 17.2. The molecule has 0 spiro atoms. The van der Waals surface area contributed by atoms with Crippen molar-refractivity contribution in [3.05, 3.63) is 0 Å². The number of carbonyl (C=O) groups is 3. The van der Waals surface area contributed by atoms with Gasteiger partial charge in [-0.3, -0.25) is 9.59 Å². The van der Waals surface area contributed by atoms with Crippen LogP contribution in [-0.2, 0) is 52.2 Å². The van der Waals surface area contributed by atoms with Crippen molar-refractivity contribution in [2.75, 3.05) is 126 Å². The summed E-state index contributed by atoms with van der Waals surface area (Å²) in [6.07, 6.45) is 0.509. The van der Waals surface area contributed by atoms with E-state index in [-0.39, 0.29) is 36.7 Å². The lowest BCUT2D eigenvalue weighted by molar-refractivity contribution is -0.128. The van der Waals surface area contributed by atoms with Gasteiger partial charge in [0.2, 0.25) is 11.8 Å². The molecule has 0 saturated carbocycles.